The van der Waals surface area contributed by atoms with E-state index < -0.39 is 108 Å². The highest BCUT2D eigenvalue weighted by Gasteiger charge is 2.36. The maximum Gasteiger partial charge on any atom is 0.244 e. The van der Waals surface area contributed by atoms with Crippen molar-refractivity contribution in [3.05, 3.63) is 114 Å². The van der Waals surface area contributed by atoms with Crippen molar-refractivity contribution in [2.75, 3.05) is 18.1 Å². The number of phenolic OH excluding ortho intramolecular Hbond substituents is 1. The van der Waals surface area contributed by atoms with E-state index in [1.54, 1.807) is 32.2 Å². The Morgan fingerprint density at radius 3 is 2.03 bits per heavy atom. The number of aliphatic hydroxyl groups is 1. The van der Waals surface area contributed by atoms with Crippen LogP contribution in [0.15, 0.2) is 97.2 Å². The van der Waals surface area contributed by atoms with Gasteiger partial charge >= 0.3 is 0 Å². The molecular formula is C54H69N11O10S2. The van der Waals surface area contributed by atoms with Gasteiger partial charge in [0.25, 0.3) is 0 Å². The number of primary amides is 1. The monoisotopic (exact) mass is 1100 g/mol. The molecule has 1 fully saturated rings. The van der Waals surface area contributed by atoms with Gasteiger partial charge in [-0.05, 0) is 90.7 Å². The van der Waals surface area contributed by atoms with E-state index in [1.165, 1.54) is 19.1 Å². The van der Waals surface area contributed by atoms with E-state index in [-0.39, 0.29) is 49.5 Å². The first kappa shape index (κ1) is 59.1. The molecule has 1 saturated heterocycles. The summed E-state index contributed by atoms with van der Waals surface area (Å²) in [6.07, 6.45) is 1.05. The molecule has 6 rings (SSSR count). The van der Waals surface area contributed by atoms with Crippen LogP contribution < -0.4 is 54.4 Å². The van der Waals surface area contributed by atoms with Gasteiger partial charge in [-0.15, -0.1) is 0 Å². The van der Waals surface area contributed by atoms with E-state index in [9.17, 15) is 48.6 Å². The molecule has 21 nitrogen and oxygen atoms in total. The molecule has 0 saturated carbocycles. The predicted molar refractivity (Wildman–Crippen MR) is 296 cm³/mol. The van der Waals surface area contributed by atoms with Crippen molar-refractivity contribution < 1.29 is 48.6 Å². The summed E-state index contributed by atoms with van der Waals surface area (Å²) < 4.78 is 0. The fraction of sp³-hybridized carbons (Fsp3) is 0.407. The van der Waals surface area contributed by atoms with E-state index in [2.05, 4.69) is 42.2 Å². The lowest BCUT2D eigenvalue weighted by Crippen LogP contribution is -2.62. The van der Waals surface area contributed by atoms with E-state index in [4.69, 9.17) is 17.2 Å². The molecule has 0 bridgehead atoms. The topological polar surface area (TPSA) is 355 Å². The second-order valence-corrected chi connectivity index (χ2v) is 22.0. The number of fused-ring (bicyclic) bond motifs is 2. The Bertz CT molecular complexity index is 2890. The number of nitrogens with one attached hydrogen (secondary N) is 8. The summed E-state index contributed by atoms with van der Waals surface area (Å²) in [4.78, 5) is 116. The summed E-state index contributed by atoms with van der Waals surface area (Å²) >= 11 is 0. The Morgan fingerprint density at radius 2 is 1.34 bits per heavy atom. The van der Waals surface area contributed by atoms with Crippen molar-refractivity contribution in [3.63, 3.8) is 0 Å². The fourth-order valence-corrected chi connectivity index (χ4v) is 11.0. The van der Waals surface area contributed by atoms with Crippen LogP contribution in [0.25, 0.3) is 21.7 Å². The molecule has 1 aliphatic rings. The molecule has 0 radical (unpaired) electrons. The first-order valence-electron chi connectivity index (χ1n) is 25.4. The third-order valence-corrected chi connectivity index (χ3v) is 15.5. The minimum atomic E-state index is -1.55. The number of amides is 8. The molecule has 1 aliphatic heterocycles. The molecule has 412 valence electrons. The summed E-state index contributed by atoms with van der Waals surface area (Å²) in [5, 5.41) is 42.1. The molecule has 1 aromatic heterocycles. The molecule has 5 aromatic rings. The first-order chi connectivity index (χ1) is 36.8. The molecule has 23 heteroatoms. The van der Waals surface area contributed by atoms with Crippen LogP contribution in [-0.4, -0.2) is 135 Å². The van der Waals surface area contributed by atoms with Crippen LogP contribution in [0.3, 0.4) is 0 Å². The number of para-hydroxylation sites is 1. The zero-order valence-corrected chi connectivity index (χ0v) is 44.7. The largest absolute Gasteiger partial charge is 0.508 e. The Balaban J connectivity index is 1.39. The lowest BCUT2D eigenvalue weighted by Gasteiger charge is -2.29. The van der Waals surface area contributed by atoms with E-state index in [1.807, 2.05) is 66.7 Å². The Hall–Kier alpha value is -7.18. The summed E-state index contributed by atoms with van der Waals surface area (Å²) in [6.45, 7) is 4.85. The highest BCUT2D eigenvalue weighted by molar-refractivity contribution is 8.76. The lowest BCUT2D eigenvalue weighted by molar-refractivity contribution is -0.136. The van der Waals surface area contributed by atoms with Crippen LogP contribution in [0.5, 0.6) is 5.75 Å². The molecule has 2 heterocycles. The molecular weight excluding hydrogens is 1030 g/mol. The van der Waals surface area contributed by atoms with Gasteiger partial charge < -0.3 is 69.6 Å². The number of nitrogens with two attached hydrogens (primary N) is 3. The number of rotatable bonds is 17. The maximum atomic E-state index is 14.9. The second kappa shape index (κ2) is 28.3. The number of carbonyl (C=O) groups excluding carboxylic acids is 8. The van der Waals surface area contributed by atoms with Crippen molar-refractivity contribution in [1.29, 1.82) is 0 Å². The van der Waals surface area contributed by atoms with E-state index in [0.29, 0.717) is 24.0 Å². The van der Waals surface area contributed by atoms with Gasteiger partial charge in [0, 0.05) is 41.4 Å². The van der Waals surface area contributed by atoms with Crippen molar-refractivity contribution in [3.8, 4) is 5.75 Å². The van der Waals surface area contributed by atoms with Crippen LogP contribution in [0, 0.1) is 5.92 Å². The number of hydrogen-bond acceptors (Lipinski definition) is 14. The number of aromatic amines is 1. The molecule has 16 N–H and O–H groups in total. The smallest absolute Gasteiger partial charge is 0.244 e. The summed E-state index contributed by atoms with van der Waals surface area (Å²) in [7, 11) is 2.03. The highest BCUT2D eigenvalue weighted by Crippen LogP contribution is 2.25. The van der Waals surface area contributed by atoms with Crippen LogP contribution in [0.2, 0.25) is 0 Å². The van der Waals surface area contributed by atoms with E-state index in [0.717, 1.165) is 48.8 Å². The number of aromatic hydroxyl groups is 1. The van der Waals surface area contributed by atoms with Crippen LogP contribution in [-0.2, 0) is 57.6 Å². The minimum absolute atomic E-state index is 0.0501. The number of hydrogen-bond donors (Lipinski definition) is 13. The molecule has 7 unspecified atom stereocenters. The molecule has 0 spiro atoms. The van der Waals surface area contributed by atoms with Crippen molar-refractivity contribution in [1.82, 2.24) is 42.2 Å². The van der Waals surface area contributed by atoms with Gasteiger partial charge in [0.15, 0.2) is 0 Å². The van der Waals surface area contributed by atoms with Crippen LogP contribution >= 0.6 is 21.6 Å². The van der Waals surface area contributed by atoms with Gasteiger partial charge in [0.2, 0.25) is 47.3 Å². The van der Waals surface area contributed by atoms with Crippen molar-refractivity contribution in [2.24, 2.45) is 23.1 Å². The lowest BCUT2D eigenvalue weighted by atomic mass is 10.00. The number of H-pyrrole nitrogens is 1. The standard InChI is InChI=1S/C54H69N11O10S2/c1-29(2)45-54(75)63-44(53(74)65-46(30(3)66)47(57)68)28-77-76-27-43(62-48(69)38(56)23-32-15-18-33-10-4-5-11-34(33)22-32)52(73)60-41(24-31-16-19-36(67)20-17-31)50(71)61-42(25-35-26-58-39-13-7-6-12-37(35)39)51(72)59-40(49(70)64-45)14-8-9-21-55/h4-7,10-13,15-20,22,26,29-30,38,40-46,58,66-67H,8-9,14,21,23-25,27-28,55-56H2,1-3H3,(H2,57,68)(H,59,72)(H,60,73)(H,61,71)(H,62,69)(H,63,75)(H,64,70)(H,65,74)/t30-,38-,40?,41?,42?,43?,44?,45?,46?/m0/s1. The predicted octanol–water partition coefficient (Wildman–Crippen LogP) is 0.822. The number of phenols is 1. The number of carbonyl (C=O) groups is 8. The molecule has 4 aromatic carbocycles. The minimum Gasteiger partial charge on any atom is -0.508 e. The summed E-state index contributed by atoms with van der Waals surface area (Å²) in [5.41, 5.74) is 20.5. The van der Waals surface area contributed by atoms with Gasteiger partial charge in [-0.1, -0.05) is 108 Å². The Morgan fingerprint density at radius 1 is 0.714 bits per heavy atom. The molecule has 77 heavy (non-hydrogen) atoms. The van der Waals surface area contributed by atoms with Gasteiger partial charge in [0.05, 0.1) is 12.1 Å². The normalized spacial score (nSPS) is 21.6. The second-order valence-electron chi connectivity index (χ2n) is 19.4. The van der Waals surface area contributed by atoms with E-state index >= 15 is 0 Å². The Labute approximate surface area is 453 Å². The average molecular weight is 1100 g/mol. The maximum absolute atomic E-state index is 14.9. The zero-order valence-electron chi connectivity index (χ0n) is 43.1. The number of benzene rings is 4. The average Bonchev–Trinajstić information content (AvgIpc) is 3.81. The van der Waals surface area contributed by atoms with Gasteiger partial charge in [-0.3, -0.25) is 38.4 Å². The van der Waals surface area contributed by atoms with Gasteiger partial charge in [0.1, 0.15) is 48.0 Å². The summed E-state index contributed by atoms with van der Waals surface area (Å²) in [6, 6.07) is 15.8. The van der Waals surface area contributed by atoms with Gasteiger partial charge in [-0.2, -0.15) is 0 Å². The Kier molecular flexibility index (Phi) is 21.7. The van der Waals surface area contributed by atoms with Crippen LogP contribution in [0.1, 0.15) is 56.7 Å². The zero-order chi connectivity index (χ0) is 55.8. The van der Waals surface area contributed by atoms with Crippen molar-refractivity contribution >= 4 is 90.5 Å². The fourth-order valence-electron chi connectivity index (χ4n) is 8.71. The molecule has 8 amide bonds. The third-order valence-electron chi connectivity index (χ3n) is 13.1. The van der Waals surface area contributed by atoms with Gasteiger partial charge in [-0.25, -0.2) is 0 Å². The first-order valence-corrected chi connectivity index (χ1v) is 27.9. The highest BCUT2D eigenvalue weighted by atomic mass is 33.1. The third kappa shape index (κ3) is 16.9. The quantitative estimate of drug-likeness (QED) is 0.0453. The summed E-state index contributed by atoms with van der Waals surface area (Å²) in [5.74, 6) is -7.66. The SMILES string of the molecule is CC(C)C1NC(=O)C(CCCCN)NC(=O)C(Cc2c[nH]c3ccccc23)NC(=O)C(Cc2ccc(O)cc2)NC(=O)C(NC(=O)[C@@H](N)Cc2ccc3ccccc3c2)CSSCC(C(=O)NC(C(N)=O)[C@H](C)O)NC1=O. The van der Waals surface area contributed by atoms with Crippen molar-refractivity contribution in [2.45, 2.75) is 114 Å². The number of aromatic nitrogens is 1. The number of unbranched alkanes of at least 4 members (excludes halogenated alkanes) is 1. The number of aliphatic hydroxyl groups excluding tert-OH is 1. The molecule has 0 aliphatic carbocycles. The van der Waals surface area contributed by atoms with Crippen LogP contribution in [0.4, 0.5) is 0 Å². The molecule has 9 atom stereocenters.